The van der Waals surface area contributed by atoms with Crippen molar-refractivity contribution in [3.8, 4) is 0 Å². The first-order valence-corrected chi connectivity index (χ1v) is 13.6. The first kappa shape index (κ1) is 23.2. The third-order valence-corrected chi connectivity index (χ3v) is 8.91. The zero-order valence-electron chi connectivity index (χ0n) is 18.8. The highest BCUT2D eigenvalue weighted by molar-refractivity contribution is 7.89. The molecule has 1 saturated carbocycles. The van der Waals surface area contributed by atoms with Crippen LogP contribution in [0.3, 0.4) is 0 Å². The van der Waals surface area contributed by atoms with E-state index in [9.17, 15) is 18.0 Å². The van der Waals surface area contributed by atoms with Gasteiger partial charge in [0.2, 0.25) is 21.8 Å². The summed E-state index contributed by atoms with van der Waals surface area (Å²) in [6.45, 7) is 0.665. The number of fused-ring (bicyclic) bond motifs is 1. The third-order valence-electron chi connectivity index (χ3n) is 7.04. The number of piperidine rings is 1. The Labute approximate surface area is 191 Å². The van der Waals surface area contributed by atoms with Gasteiger partial charge in [0, 0.05) is 31.2 Å². The van der Waals surface area contributed by atoms with Gasteiger partial charge in [-0.05, 0) is 62.3 Å². The summed E-state index contributed by atoms with van der Waals surface area (Å²) in [4.78, 5) is 25.0. The zero-order valence-corrected chi connectivity index (χ0v) is 19.6. The number of rotatable bonds is 4. The lowest BCUT2D eigenvalue weighted by atomic mass is 9.94. The minimum absolute atomic E-state index is 0.000106. The van der Waals surface area contributed by atoms with E-state index in [0.29, 0.717) is 37.9 Å². The molecule has 4 rings (SSSR count). The van der Waals surface area contributed by atoms with E-state index in [1.807, 2.05) is 0 Å². The summed E-state index contributed by atoms with van der Waals surface area (Å²) >= 11 is 0. The summed E-state index contributed by atoms with van der Waals surface area (Å²) in [6.07, 6.45) is 11.3. The van der Waals surface area contributed by atoms with E-state index in [4.69, 9.17) is 0 Å². The first-order valence-electron chi connectivity index (χ1n) is 12.2. The minimum atomic E-state index is -3.69. The van der Waals surface area contributed by atoms with E-state index in [-0.39, 0.29) is 35.2 Å². The van der Waals surface area contributed by atoms with E-state index in [0.717, 1.165) is 37.7 Å². The van der Waals surface area contributed by atoms with Crippen LogP contribution in [0.5, 0.6) is 0 Å². The number of nitrogens with zero attached hydrogens (tertiary/aromatic N) is 1. The van der Waals surface area contributed by atoms with Gasteiger partial charge in [0.05, 0.1) is 10.8 Å². The molecule has 1 atom stereocenters. The number of carbonyl (C=O) groups is 2. The second-order valence-electron chi connectivity index (χ2n) is 9.47. The molecule has 7 nitrogen and oxygen atoms in total. The van der Waals surface area contributed by atoms with Gasteiger partial charge in [-0.15, -0.1) is 0 Å². The molecule has 3 aliphatic rings. The van der Waals surface area contributed by atoms with Crippen molar-refractivity contribution < 1.29 is 18.0 Å². The third kappa shape index (κ3) is 5.52. The maximum absolute atomic E-state index is 13.4. The largest absolute Gasteiger partial charge is 0.353 e. The summed E-state index contributed by atoms with van der Waals surface area (Å²) < 4.78 is 28.2. The Morgan fingerprint density at radius 3 is 2.50 bits per heavy atom. The molecule has 1 unspecified atom stereocenters. The number of carbonyl (C=O) groups excluding carboxylic acids is 2. The fraction of sp³-hybridized carbons (Fsp3) is 0.667. The zero-order chi connectivity index (χ0) is 22.6. The van der Waals surface area contributed by atoms with Crippen LogP contribution in [-0.4, -0.2) is 43.7 Å². The summed E-state index contributed by atoms with van der Waals surface area (Å²) in [5, 5.41) is 6.07. The molecule has 1 saturated heterocycles. The Morgan fingerprint density at radius 2 is 1.72 bits per heavy atom. The number of hydrogen-bond donors (Lipinski definition) is 2. The molecule has 1 aromatic carbocycles. The molecular weight excluding hydrogens is 426 g/mol. The van der Waals surface area contributed by atoms with Crippen molar-refractivity contribution in [2.45, 2.75) is 88.0 Å². The molecule has 0 aromatic heterocycles. The van der Waals surface area contributed by atoms with Crippen molar-refractivity contribution in [2.75, 3.05) is 18.4 Å². The van der Waals surface area contributed by atoms with Crippen molar-refractivity contribution >= 4 is 27.5 Å². The normalized spacial score (nSPS) is 23.9. The van der Waals surface area contributed by atoms with E-state index in [2.05, 4.69) is 10.6 Å². The lowest BCUT2D eigenvalue weighted by Gasteiger charge is -2.32. The second-order valence-corrected chi connectivity index (χ2v) is 11.4. The van der Waals surface area contributed by atoms with Crippen molar-refractivity contribution in [3.63, 3.8) is 0 Å². The number of aryl methyl sites for hydroxylation is 1. The molecule has 2 amide bonds. The van der Waals surface area contributed by atoms with Crippen LogP contribution in [0.2, 0.25) is 0 Å². The van der Waals surface area contributed by atoms with Crippen LogP contribution in [0.4, 0.5) is 5.69 Å². The van der Waals surface area contributed by atoms with E-state index in [1.165, 1.54) is 23.6 Å². The number of amides is 2. The van der Waals surface area contributed by atoms with Crippen LogP contribution in [-0.2, 0) is 26.0 Å². The molecule has 2 N–H and O–H groups in total. The average Bonchev–Trinajstić information content (AvgIpc) is 2.95. The van der Waals surface area contributed by atoms with Crippen molar-refractivity contribution in [1.29, 1.82) is 0 Å². The summed E-state index contributed by atoms with van der Waals surface area (Å²) in [5.74, 6) is -0.335. The molecule has 1 aromatic rings. The molecular formula is C24H35N3O4S. The van der Waals surface area contributed by atoms with Crippen molar-refractivity contribution in [2.24, 2.45) is 5.92 Å². The molecule has 32 heavy (non-hydrogen) atoms. The molecule has 0 radical (unpaired) electrons. The van der Waals surface area contributed by atoms with Crippen LogP contribution in [0, 0.1) is 5.92 Å². The summed E-state index contributed by atoms with van der Waals surface area (Å²) in [7, 11) is -3.69. The lowest BCUT2D eigenvalue weighted by Crippen LogP contribution is -2.47. The topological polar surface area (TPSA) is 95.6 Å². The fourth-order valence-corrected chi connectivity index (χ4v) is 6.73. The summed E-state index contributed by atoms with van der Waals surface area (Å²) in [5.41, 5.74) is 1.55. The van der Waals surface area contributed by atoms with Gasteiger partial charge < -0.3 is 10.6 Å². The lowest BCUT2D eigenvalue weighted by molar-refractivity contribution is -0.127. The quantitative estimate of drug-likeness (QED) is 0.716. The van der Waals surface area contributed by atoms with Crippen LogP contribution in [0.25, 0.3) is 0 Å². The van der Waals surface area contributed by atoms with E-state index >= 15 is 0 Å². The van der Waals surface area contributed by atoms with Gasteiger partial charge in [-0.25, -0.2) is 8.42 Å². The molecule has 0 spiro atoms. The Balaban J connectivity index is 1.43. The van der Waals surface area contributed by atoms with Crippen LogP contribution < -0.4 is 10.6 Å². The van der Waals surface area contributed by atoms with Gasteiger partial charge in [0.1, 0.15) is 0 Å². The molecule has 2 heterocycles. The number of nitrogens with one attached hydrogen (secondary N) is 2. The maximum atomic E-state index is 13.4. The smallest absolute Gasteiger partial charge is 0.243 e. The molecule has 8 heteroatoms. The highest BCUT2D eigenvalue weighted by atomic mass is 32.2. The van der Waals surface area contributed by atoms with Gasteiger partial charge in [-0.2, -0.15) is 4.31 Å². The maximum Gasteiger partial charge on any atom is 0.243 e. The number of benzene rings is 1. The molecule has 176 valence electrons. The number of hydrogen-bond acceptors (Lipinski definition) is 4. The van der Waals surface area contributed by atoms with Gasteiger partial charge in [0.25, 0.3) is 0 Å². The average molecular weight is 462 g/mol. The highest BCUT2D eigenvalue weighted by Crippen LogP contribution is 2.29. The Kier molecular flexibility index (Phi) is 7.51. The molecule has 0 bridgehead atoms. The van der Waals surface area contributed by atoms with E-state index < -0.39 is 10.0 Å². The SMILES string of the molecule is O=C1CCCc2cc(S(=O)(=O)N3CCCC(C(=O)NC4CCCCCCC4)C3)ccc2N1. The van der Waals surface area contributed by atoms with Gasteiger partial charge in [-0.1, -0.05) is 32.1 Å². The van der Waals surface area contributed by atoms with Crippen molar-refractivity contribution in [1.82, 2.24) is 9.62 Å². The van der Waals surface area contributed by atoms with Crippen LogP contribution in [0.1, 0.15) is 76.2 Å². The number of anilines is 1. The predicted octanol–water partition coefficient (Wildman–Crippen LogP) is 3.59. The summed E-state index contributed by atoms with van der Waals surface area (Å²) in [6, 6.07) is 5.16. The minimum Gasteiger partial charge on any atom is -0.353 e. The van der Waals surface area contributed by atoms with Crippen LogP contribution in [0.15, 0.2) is 23.1 Å². The van der Waals surface area contributed by atoms with Gasteiger partial charge in [-0.3, -0.25) is 9.59 Å². The highest BCUT2D eigenvalue weighted by Gasteiger charge is 2.34. The number of sulfonamides is 1. The first-order chi connectivity index (χ1) is 15.4. The van der Waals surface area contributed by atoms with Gasteiger partial charge in [0.15, 0.2) is 0 Å². The Morgan fingerprint density at radius 1 is 0.969 bits per heavy atom. The molecule has 1 aliphatic carbocycles. The fourth-order valence-electron chi connectivity index (χ4n) is 5.15. The van der Waals surface area contributed by atoms with Crippen LogP contribution >= 0.6 is 0 Å². The Hall–Kier alpha value is -1.93. The van der Waals surface area contributed by atoms with Crippen molar-refractivity contribution in [3.05, 3.63) is 23.8 Å². The van der Waals surface area contributed by atoms with Gasteiger partial charge >= 0.3 is 0 Å². The van der Waals surface area contributed by atoms with E-state index in [1.54, 1.807) is 18.2 Å². The molecule has 2 aliphatic heterocycles. The molecule has 2 fully saturated rings. The standard InChI is InChI=1S/C24H35N3O4S/c28-23-12-6-8-18-16-21(13-14-22(18)26-23)32(30,31)27-15-7-9-19(17-27)24(29)25-20-10-4-2-1-3-5-11-20/h13-14,16,19-20H,1-12,15,17H2,(H,25,29)(H,26,28). The predicted molar refractivity (Wildman–Crippen MR) is 124 cm³/mol. The second kappa shape index (κ2) is 10.3. The Bertz CT molecular complexity index is 939. The monoisotopic (exact) mass is 461 g/mol.